The molecule has 1 amide bonds. The van der Waals surface area contributed by atoms with Gasteiger partial charge in [-0.2, -0.15) is 0 Å². The topological polar surface area (TPSA) is 86.3 Å². The van der Waals surface area contributed by atoms with Crippen LogP contribution in [0.3, 0.4) is 0 Å². The van der Waals surface area contributed by atoms with E-state index in [1.54, 1.807) is 11.1 Å². The van der Waals surface area contributed by atoms with Crippen LogP contribution in [0, 0.1) is 5.92 Å². The molecule has 0 aromatic carbocycles. The molecule has 7 heteroatoms. The fraction of sp³-hybridized carbons (Fsp3) is 0.750. The van der Waals surface area contributed by atoms with Gasteiger partial charge >= 0.3 is 0 Å². The van der Waals surface area contributed by atoms with Crippen molar-refractivity contribution in [3.05, 3.63) is 11.9 Å². The number of carbonyl (C=O) groups is 1. The zero-order chi connectivity index (χ0) is 13.7. The second-order valence-corrected chi connectivity index (χ2v) is 4.97. The van der Waals surface area contributed by atoms with E-state index < -0.39 is 0 Å². The minimum Gasteiger partial charge on any atom is -0.381 e. The smallest absolute Gasteiger partial charge is 0.244 e. The number of amides is 1. The maximum absolute atomic E-state index is 12.0. The molecule has 1 aliphatic rings. The third-order valence-corrected chi connectivity index (χ3v) is 3.30. The molecule has 1 aromatic heterocycles. The minimum atomic E-state index is 0.0269. The summed E-state index contributed by atoms with van der Waals surface area (Å²) >= 11 is 0. The normalized spacial score (nSPS) is 19.4. The lowest BCUT2D eigenvalue weighted by atomic mass is 10.0. The first-order valence-electron chi connectivity index (χ1n) is 6.60. The van der Waals surface area contributed by atoms with Crippen LogP contribution >= 0.6 is 0 Å². The van der Waals surface area contributed by atoms with Crippen LogP contribution in [0.5, 0.6) is 0 Å². The van der Waals surface area contributed by atoms with Gasteiger partial charge in [0.2, 0.25) is 5.91 Å². The van der Waals surface area contributed by atoms with Gasteiger partial charge in [0, 0.05) is 26.7 Å². The lowest BCUT2D eigenvalue weighted by Crippen LogP contribution is -2.37. The Labute approximate surface area is 112 Å². The van der Waals surface area contributed by atoms with Crippen molar-refractivity contribution >= 4 is 5.91 Å². The predicted molar refractivity (Wildman–Crippen MR) is 69.1 cm³/mol. The summed E-state index contributed by atoms with van der Waals surface area (Å²) in [6, 6.07) is 0. The van der Waals surface area contributed by atoms with E-state index >= 15 is 0 Å². The van der Waals surface area contributed by atoms with Crippen molar-refractivity contribution in [3.8, 4) is 0 Å². The molecule has 1 fully saturated rings. The van der Waals surface area contributed by atoms with E-state index in [0.717, 1.165) is 32.6 Å². The van der Waals surface area contributed by atoms with Crippen LogP contribution in [-0.2, 0) is 22.6 Å². The lowest BCUT2D eigenvalue weighted by Gasteiger charge is -2.27. The van der Waals surface area contributed by atoms with Crippen molar-refractivity contribution in [2.24, 2.45) is 11.7 Å². The molecular formula is C12H21N5O2. The maximum Gasteiger partial charge on any atom is 0.244 e. The van der Waals surface area contributed by atoms with Crippen LogP contribution in [0.2, 0.25) is 0 Å². The predicted octanol–water partition coefficient (Wildman–Crippen LogP) is -0.378. The Hall–Kier alpha value is -1.47. The molecule has 2 heterocycles. The number of ether oxygens (including phenoxy) is 1. The number of likely N-dealkylation sites (N-methyl/N-ethyl adjacent to an activating group) is 1. The van der Waals surface area contributed by atoms with Crippen LogP contribution in [0.4, 0.5) is 0 Å². The summed E-state index contributed by atoms with van der Waals surface area (Å²) in [6.07, 6.45) is 3.91. The quantitative estimate of drug-likeness (QED) is 0.786. The molecule has 2 N–H and O–H groups in total. The Balaban J connectivity index is 1.81. The van der Waals surface area contributed by atoms with E-state index in [0.29, 0.717) is 18.2 Å². The van der Waals surface area contributed by atoms with Gasteiger partial charge in [0.15, 0.2) is 0 Å². The SMILES string of the molecule is CN(CC1CCCOC1)C(=O)Cn1cc(CN)nn1. The summed E-state index contributed by atoms with van der Waals surface area (Å²) < 4.78 is 6.95. The molecule has 19 heavy (non-hydrogen) atoms. The first kappa shape index (κ1) is 14.0. The number of nitrogens with two attached hydrogens (primary N) is 1. The average molecular weight is 267 g/mol. The van der Waals surface area contributed by atoms with Gasteiger partial charge in [0.05, 0.1) is 18.5 Å². The van der Waals surface area contributed by atoms with Crippen LogP contribution in [0.1, 0.15) is 18.5 Å². The molecule has 0 radical (unpaired) electrons. The van der Waals surface area contributed by atoms with Crippen LogP contribution < -0.4 is 5.73 Å². The van der Waals surface area contributed by atoms with E-state index in [1.165, 1.54) is 4.68 Å². The van der Waals surface area contributed by atoms with Gasteiger partial charge in [-0.25, -0.2) is 4.68 Å². The highest BCUT2D eigenvalue weighted by molar-refractivity contribution is 5.75. The monoisotopic (exact) mass is 267 g/mol. The third-order valence-electron chi connectivity index (χ3n) is 3.30. The lowest BCUT2D eigenvalue weighted by molar-refractivity contribution is -0.131. The summed E-state index contributed by atoms with van der Waals surface area (Å²) in [5, 5.41) is 7.73. The first-order valence-corrected chi connectivity index (χ1v) is 6.60. The van der Waals surface area contributed by atoms with Crippen molar-refractivity contribution < 1.29 is 9.53 Å². The fourth-order valence-corrected chi connectivity index (χ4v) is 2.21. The highest BCUT2D eigenvalue weighted by Crippen LogP contribution is 2.14. The number of nitrogens with zero attached hydrogens (tertiary/aromatic N) is 4. The molecule has 1 atom stereocenters. The molecule has 1 saturated heterocycles. The molecular weight excluding hydrogens is 246 g/mol. The number of carbonyl (C=O) groups excluding carboxylic acids is 1. The zero-order valence-electron chi connectivity index (χ0n) is 11.3. The fourth-order valence-electron chi connectivity index (χ4n) is 2.21. The van der Waals surface area contributed by atoms with Gasteiger partial charge < -0.3 is 15.4 Å². The Kier molecular flexibility index (Phi) is 4.86. The van der Waals surface area contributed by atoms with E-state index in [2.05, 4.69) is 10.3 Å². The maximum atomic E-state index is 12.0. The molecule has 1 unspecified atom stereocenters. The molecule has 1 aliphatic heterocycles. The van der Waals surface area contributed by atoms with Gasteiger partial charge in [-0.3, -0.25) is 4.79 Å². The molecule has 1 aromatic rings. The van der Waals surface area contributed by atoms with Gasteiger partial charge in [0.25, 0.3) is 0 Å². The van der Waals surface area contributed by atoms with Gasteiger partial charge in [-0.15, -0.1) is 5.10 Å². The molecule has 0 spiro atoms. The van der Waals surface area contributed by atoms with E-state index in [9.17, 15) is 4.79 Å². The standard InChI is InChI=1S/C12H21N5O2/c1-16(6-10-3-2-4-19-9-10)12(18)8-17-7-11(5-13)14-15-17/h7,10H,2-6,8-9,13H2,1H3. The number of hydrogen-bond donors (Lipinski definition) is 1. The average Bonchev–Trinajstić information content (AvgIpc) is 2.87. The van der Waals surface area contributed by atoms with Crippen LogP contribution in [0.15, 0.2) is 6.20 Å². The first-order chi connectivity index (χ1) is 9.19. The summed E-state index contributed by atoms with van der Waals surface area (Å²) in [4.78, 5) is 13.8. The van der Waals surface area contributed by atoms with Crippen molar-refractivity contribution in [1.82, 2.24) is 19.9 Å². The summed E-state index contributed by atoms with van der Waals surface area (Å²) in [7, 11) is 1.82. The summed E-state index contributed by atoms with van der Waals surface area (Å²) in [5.41, 5.74) is 6.14. The van der Waals surface area contributed by atoms with Crippen molar-refractivity contribution in [2.45, 2.75) is 25.9 Å². The number of aromatic nitrogens is 3. The van der Waals surface area contributed by atoms with Crippen LogP contribution in [-0.4, -0.2) is 52.6 Å². The molecule has 106 valence electrons. The highest BCUT2D eigenvalue weighted by atomic mass is 16.5. The Morgan fingerprint density at radius 2 is 2.53 bits per heavy atom. The Morgan fingerprint density at radius 1 is 1.68 bits per heavy atom. The summed E-state index contributed by atoms with van der Waals surface area (Å²) in [5.74, 6) is 0.470. The van der Waals surface area contributed by atoms with Gasteiger partial charge in [-0.1, -0.05) is 5.21 Å². The van der Waals surface area contributed by atoms with Gasteiger partial charge in [0.1, 0.15) is 6.54 Å². The molecule has 2 rings (SSSR count). The third kappa shape index (κ3) is 4.00. The minimum absolute atomic E-state index is 0.0269. The van der Waals surface area contributed by atoms with Crippen LogP contribution in [0.25, 0.3) is 0 Å². The van der Waals surface area contributed by atoms with E-state index in [-0.39, 0.29) is 12.5 Å². The second-order valence-electron chi connectivity index (χ2n) is 4.97. The zero-order valence-corrected chi connectivity index (χ0v) is 11.3. The second kappa shape index (κ2) is 6.63. The van der Waals surface area contributed by atoms with E-state index in [1.807, 2.05) is 7.05 Å². The summed E-state index contributed by atoms with van der Waals surface area (Å²) in [6.45, 7) is 2.87. The van der Waals surface area contributed by atoms with Gasteiger partial charge in [-0.05, 0) is 18.8 Å². The largest absolute Gasteiger partial charge is 0.381 e. The van der Waals surface area contributed by atoms with Crippen molar-refractivity contribution in [2.75, 3.05) is 26.8 Å². The molecule has 0 bridgehead atoms. The number of hydrogen-bond acceptors (Lipinski definition) is 5. The van der Waals surface area contributed by atoms with E-state index in [4.69, 9.17) is 10.5 Å². The Morgan fingerprint density at radius 3 is 3.16 bits per heavy atom. The van der Waals surface area contributed by atoms with Crippen molar-refractivity contribution in [1.29, 1.82) is 0 Å². The molecule has 7 nitrogen and oxygen atoms in total. The molecule has 0 saturated carbocycles. The van der Waals surface area contributed by atoms with Crippen molar-refractivity contribution in [3.63, 3.8) is 0 Å². The highest BCUT2D eigenvalue weighted by Gasteiger charge is 2.19. The number of rotatable bonds is 5. The Bertz CT molecular complexity index is 414. The molecule has 0 aliphatic carbocycles.